The van der Waals surface area contributed by atoms with Gasteiger partial charge in [0.1, 0.15) is 6.10 Å². The van der Waals surface area contributed by atoms with E-state index in [1.165, 1.54) is 0 Å². The van der Waals surface area contributed by atoms with E-state index < -0.39 is 0 Å². The summed E-state index contributed by atoms with van der Waals surface area (Å²) in [5, 5.41) is 0. The Morgan fingerprint density at radius 2 is 1.65 bits per heavy atom. The molecule has 0 unspecified atom stereocenters. The van der Waals surface area contributed by atoms with E-state index in [-0.39, 0.29) is 18.1 Å². The molecule has 4 heterocycles. The van der Waals surface area contributed by atoms with E-state index in [0.29, 0.717) is 38.3 Å². The lowest BCUT2D eigenvalue weighted by molar-refractivity contribution is -0.148. The molecule has 130 valence electrons. The van der Waals surface area contributed by atoms with Crippen LogP contribution in [0.4, 0.5) is 0 Å². The van der Waals surface area contributed by atoms with Crippen molar-refractivity contribution in [2.24, 2.45) is 5.92 Å². The van der Waals surface area contributed by atoms with Crippen molar-refractivity contribution < 1.29 is 19.0 Å². The number of morpholine rings is 1. The number of carbonyl (C=O) groups excluding carboxylic acids is 1. The summed E-state index contributed by atoms with van der Waals surface area (Å²) >= 11 is 0. The van der Waals surface area contributed by atoms with Crippen LogP contribution in [0.15, 0.2) is 0 Å². The van der Waals surface area contributed by atoms with Crippen molar-refractivity contribution in [2.45, 2.75) is 43.9 Å². The highest BCUT2D eigenvalue weighted by molar-refractivity contribution is 5.81. The Balaban J connectivity index is 1.33. The molecule has 0 bridgehead atoms. The Hall–Kier alpha value is -0.690. The zero-order chi connectivity index (χ0) is 15.6. The Bertz CT molecular complexity index is 421. The van der Waals surface area contributed by atoms with Crippen molar-refractivity contribution in [3.8, 4) is 0 Å². The predicted octanol–water partition coefficient (Wildman–Crippen LogP) is 0.504. The van der Waals surface area contributed by atoms with Crippen molar-refractivity contribution in [2.75, 3.05) is 52.6 Å². The summed E-state index contributed by atoms with van der Waals surface area (Å²) in [6.07, 6.45) is 4.35. The molecule has 0 aromatic heterocycles. The van der Waals surface area contributed by atoms with Crippen LogP contribution >= 0.6 is 0 Å². The third-order valence-corrected chi connectivity index (χ3v) is 5.89. The fraction of sp³-hybridized carbons (Fsp3) is 0.941. The maximum absolute atomic E-state index is 12.6. The molecule has 0 aliphatic carbocycles. The van der Waals surface area contributed by atoms with Crippen LogP contribution in [0.25, 0.3) is 0 Å². The third-order valence-electron chi connectivity index (χ3n) is 5.89. The first-order chi connectivity index (χ1) is 11.3. The highest BCUT2D eigenvalue weighted by Gasteiger charge is 2.44. The summed E-state index contributed by atoms with van der Waals surface area (Å²) in [5.74, 6) is 0.737. The molecule has 4 rings (SSSR count). The van der Waals surface area contributed by atoms with E-state index in [2.05, 4.69) is 4.90 Å². The molecule has 4 saturated heterocycles. The average Bonchev–Trinajstić information content (AvgIpc) is 3.06. The van der Waals surface area contributed by atoms with Crippen LogP contribution in [0.3, 0.4) is 0 Å². The molecule has 0 aromatic rings. The van der Waals surface area contributed by atoms with Gasteiger partial charge >= 0.3 is 0 Å². The zero-order valence-corrected chi connectivity index (χ0v) is 13.8. The quantitative estimate of drug-likeness (QED) is 0.740. The summed E-state index contributed by atoms with van der Waals surface area (Å²) in [7, 11) is 0. The van der Waals surface area contributed by atoms with Crippen LogP contribution in [0.5, 0.6) is 0 Å². The first-order valence-corrected chi connectivity index (χ1v) is 9.15. The number of rotatable bonds is 2. The van der Waals surface area contributed by atoms with Gasteiger partial charge in [-0.1, -0.05) is 0 Å². The number of fused-ring (bicyclic) bond motifs is 1. The van der Waals surface area contributed by atoms with Crippen LogP contribution in [-0.4, -0.2) is 86.6 Å². The number of nitrogens with zero attached hydrogens (tertiary/aromatic N) is 2. The van der Waals surface area contributed by atoms with Gasteiger partial charge in [-0.25, -0.2) is 0 Å². The van der Waals surface area contributed by atoms with E-state index in [0.717, 1.165) is 52.0 Å². The van der Waals surface area contributed by atoms with Gasteiger partial charge in [0.15, 0.2) is 0 Å². The number of ether oxygens (including phenoxy) is 3. The van der Waals surface area contributed by atoms with E-state index in [1.54, 1.807) is 0 Å². The summed E-state index contributed by atoms with van der Waals surface area (Å²) < 4.78 is 17.0. The predicted molar refractivity (Wildman–Crippen MR) is 84.2 cm³/mol. The molecule has 0 N–H and O–H groups in total. The normalized spacial score (nSPS) is 36.9. The number of likely N-dealkylation sites (tertiary alicyclic amines) is 1. The molecule has 4 aliphatic rings. The van der Waals surface area contributed by atoms with Gasteiger partial charge in [0, 0.05) is 38.9 Å². The number of amides is 1. The molecule has 6 heteroatoms. The second-order valence-corrected chi connectivity index (χ2v) is 7.22. The van der Waals surface area contributed by atoms with Crippen LogP contribution in [0, 0.1) is 5.92 Å². The molecule has 4 aliphatic heterocycles. The molecule has 0 radical (unpaired) electrons. The fourth-order valence-corrected chi connectivity index (χ4v) is 4.48. The van der Waals surface area contributed by atoms with E-state index in [1.807, 2.05) is 4.90 Å². The molecule has 0 aromatic carbocycles. The summed E-state index contributed by atoms with van der Waals surface area (Å²) in [5.41, 5.74) is 0. The lowest BCUT2D eigenvalue weighted by atomic mass is 9.90. The molecule has 3 atom stereocenters. The lowest BCUT2D eigenvalue weighted by Gasteiger charge is -2.40. The van der Waals surface area contributed by atoms with Crippen molar-refractivity contribution in [1.29, 1.82) is 0 Å². The Kier molecular flexibility index (Phi) is 4.85. The Morgan fingerprint density at radius 1 is 0.913 bits per heavy atom. The molecule has 4 fully saturated rings. The van der Waals surface area contributed by atoms with Gasteiger partial charge in [-0.2, -0.15) is 0 Å². The fourth-order valence-electron chi connectivity index (χ4n) is 4.48. The minimum absolute atomic E-state index is 0.181. The largest absolute Gasteiger partial charge is 0.381 e. The molecular formula is C17H28N2O4. The highest BCUT2D eigenvalue weighted by atomic mass is 16.5. The summed E-state index contributed by atoms with van der Waals surface area (Å²) in [6.45, 7) is 6.63. The molecule has 0 saturated carbocycles. The maximum atomic E-state index is 12.6. The Morgan fingerprint density at radius 3 is 2.43 bits per heavy atom. The minimum Gasteiger partial charge on any atom is -0.381 e. The second kappa shape index (κ2) is 7.05. The molecule has 1 amide bonds. The van der Waals surface area contributed by atoms with E-state index in [4.69, 9.17) is 14.2 Å². The second-order valence-electron chi connectivity index (χ2n) is 7.22. The van der Waals surface area contributed by atoms with Crippen LogP contribution in [-0.2, 0) is 19.0 Å². The van der Waals surface area contributed by atoms with Gasteiger partial charge in [-0.15, -0.1) is 0 Å². The van der Waals surface area contributed by atoms with Crippen molar-refractivity contribution >= 4 is 5.91 Å². The van der Waals surface area contributed by atoms with Crippen LogP contribution in [0.1, 0.15) is 25.7 Å². The van der Waals surface area contributed by atoms with Gasteiger partial charge in [-0.3, -0.25) is 9.69 Å². The van der Waals surface area contributed by atoms with Crippen LogP contribution in [0.2, 0.25) is 0 Å². The van der Waals surface area contributed by atoms with Crippen LogP contribution < -0.4 is 0 Å². The van der Waals surface area contributed by atoms with Gasteiger partial charge in [0.05, 0.1) is 19.3 Å². The minimum atomic E-state index is -0.224. The molecule has 23 heavy (non-hydrogen) atoms. The lowest BCUT2D eigenvalue weighted by Crippen LogP contribution is -2.49. The van der Waals surface area contributed by atoms with Gasteiger partial charge < -0.3 is 19.1 Å². The smallest absolute Gasteiger partial charge is 0.251 e. The first-order valence-electron chi connectivity index (χ1n) is 9.15. The highest BCUT2D eigenvalue weighted by Crippen LogP contribution is 2.35. The van der Waals surface area contributed by atoms with Crippen molar-refractivity contribution in [1.82, 2.24) is 9.80 Å². The number of hydrogen-bond donors (Lipinski definition) is 0. The Labute approximate surface area is 138 Å². The van der Waals surface area contributed by atoms with Crippen molar-refractivity contribution in [3.63, 3.8) is 0 Å². The van der Waals surface area contributed by atoms with Gasteiger partial charge in [0.2, 0.25) is 0 Å². The average molecular weight is 324 g/mol. The SMILES string of the molecule is O=C([C@@H]1C[C@@H]2CCN(C3CCOCC3)C[C@H]2O1)N1CCOCC1. The maximum Gasteiger partial charge on any atom is 0.251 e. The summed E-state index contributed by atoms with van der Waals surface area (Å²) in [6, 6.07) is 0.641. The van der Waals surface area contributed by atoms with Crippen molar-refractivity contribution in [3.05, 3.63) is 0 Å². The number of hydrogen-bond acceptors (Lipinski definition) is 5. The number of piperidine rings is 1. The molecule has 0 spiro atoms. The monoisotopic (exact) mass is 324 g/mol. The first kappa shape index (κ1) is 15.8. The number of carbonyl (C=O) groups is 1. The summed E-state index contributed by atoms with van der Waals surface area (Å²) in [4.78, 5) is 17.1. The van der Waals surface area contributed by atoms with Gasteiger partial charge in [0.25, 0.3) is 5.91 Å². The zero-order valence-electron chi connectivity index (χ0n) is 13.8. The van der Waals surface area contributed by atoms with E-state index in [9.17, 15) is 4.79 Å². The topological polar surface area (TPSA) is 51.2 Å². The van der Waals surface area contributed by atoms with E-state index >= 15 is 0 Å². The molecular weight excluding hydrogens is 296 g/mol. The third kappa shape index (κ3) is 3.40. The molecule has 6 nitrogen and oxygen atoms in total. The van der Waals surface area contributed by atoms with Gasteiger partial charge in [-0.05, 0) is 38.1 Å². The standard InChI is InChI=1S/C17H28N2O4/c20-17(18-5-9-22-10-6-18)15-11-13-1-4-19(12-16(13)23-15)14-2-7-21-8-3-14/h13-16H,1-12H2/t13-,15-,16+/m0/s1.